The highest BCUT2D eigenvalue weighted by atomic mass is 16.2. The van der Waals surface area contributed by atoms with Crippen molar-refractivity contribution in [2.24, 2.45) is 5.92 Å². The van der Waals surface area contributed by atoms with Gasteiger partial charge >= 0.3 is 0 Å². The molecule has 3 heteroatoms. The molecule has 1 heterocycles. The molecule has 2 fully saturated rings. The average Bonchev–Trinajstić information content (AvgIpc) is 2.78. The number of carbonyl (C=O) groups is 1. The lowest BCUT2D eigenvalue weighted by Gasteiger charge is -2.24. The second-order valence-corrected chi connectivity index (χ2v) is 6.01. The van der Waals surface area contributed by atoms with Crippen LogP contribution in [-0.4, -0.2) is 36.5 Å². The maximum atomic E-state index is 12.0. The van der Waals surface area contributed by atoms with E-state index in [9.17, 15) is 4.79 Å². The van der Waals surface area contributed by atoms with Gasteiger partial charge in [0.1, 0.15) is 0 Å². The van der Waals surface area contributed by atoms with E-state index in [1.165, 1.54) is 51.4 Å². The highest BCUT2D eigenvalue weighted by molar-refractivity contribution is 5.78. The first-order valence-corrected chi connectivity index (χ1v) is 7.78. The van der Waals surface area contributed by atoms with Crippen molar-refractivity contribution in [1.82, 2.24) is 10.2 Å². The minimum absolute atomic E-state index is 0.299. The summed E-state index contributed by atoms with van der Waals surface area (Å²) in [5.41, 5.74) is 0. The minimum Gasteiger partial charge on any atom is -0.342 e. The molecule has 0 aromatic heterocycles. The summed E-state index contributed by atoms with van der Waals surface area (Å²) < 4.78 is 0. The molecular formula is C15H28N2O. The lowest BCUT2D eigenvalue weighted by Crippen LogP contribution is -2.42. The third kappa shape index (κ3) is 3.98. The number of nitrogens with one attached hydrogen (secondary N) is 1. The summed E-state index contributed by atoms with van der Waals surface area (Å²) in [4.78, 5) is 14.0. The molecule has 1 saturated carbocycles. The van der Waals surface area contributed by atoms with Crippen LogP contribution in [0.4, 0.5) is 0 Å². The fourth-order valence-corrected chi connectivity index (χ4v) is 3.30. The third-order valence-corrected chi connectivity index (χ3v) is 4.64. The molecule has 0 aromatic carbocycles. The van der Waals surface area contributed by atoms with Crippen LogP contribution in [0.2, 0.25) is 0 Å². The molecule has 2 rings (SSSR count). The Morgan fingerprint density at radius 1 is 1.11 bits per heavy atom. The number of likely N-dealkylation sites (tertiary alicyclic amines) is 1. The second kappa shape index (κ2) is 7.13. The van der Waals surface area contributed by atoms with E-state index < -0.39 is 0 Å². The van der Waals surface area contributed by atoms with Crippen molar-refractivity contribution in [2.75, 3.05) is 19.6 Å². The molecule has 1 aliphatic heterocycles. The zero-order valence-corrected chi connectivity index (χ0v) is 11.8. The molecule has 104 valence electrons. The number of carbonyl (C=O) groups excluding carboxylic acids is 1. The fraction of sp³-hybridized carbons (Fsp3) is 0.933. The number of rotatable bonds is 4. The standard InChI is InChI=1S/C15H28N2O/c1-13(14-8-4-2-3-5-9-14)16-12-15(18)17-10-6-7-11-17/h13-14,16H,2-12H2,1H3/t13-/m0/s1. The summed E-state index contributed by atoms with van der Waals surface area (Å²) in [7, 11) is 0. The molecule has 1 amide bonds. The molecule has 1 atom stereocenters. The normalized spacial score (nSPS) is 23.9. The Morgan fingerprint density at radius 2 is 1.72 bits per heavy atom. The quantitative estimate of drug-likeness (QED) is 0.780. The van der Waals surface area contributed by atoms with Crippen LogP contribution in [-0.2, 0) is 4.79 Å². The molecule has 18 heavy (non-hydrogen) atoms. The predicted molar refractivity (Wildman–Crippen MR) is 74.5 cm³/mol. The summed E-state index contributed by atoms with van der Waals surface area (Å²) in [6, 6.07) is 0.495. The zero-order valence-electron chi connectivity index (χ0n) is 11.8. The van der Waals surface area contributed by atoms with Gasteiger partial charge in [-0.25, -0.2) is 0 Å². The van der Waals surface area contributed by atoms with Crippen LogP contribution >= 0.6 is 0 Å². The van der Waals surface area contributed by atoms with Gasteiger partial charge in [-0.2, -0.15) is 0 Å². The monoisotopic (exact) mass is 252 g/mol. The summed E-state index contributed by atoms with van der Waals surface area (Å²) in [5.74, 6) is 1.08. The lowest BCUT2D eigenvalue weighted by atomic mass is 9.93. The molecule has 2 aliphatic rings. The largest absolute Gasteiger partial charge is 0.342 e. The van der Waals surface area contributed by atoms with Gasteiger partial charge in [0.05, 0.1) is 6.54 Å². The summed E-state index contributed by atoms with van der Waals surface area (Å²) >= 11 is 0. The van der Waals surface area contributed by atoms with Crippen LogP contribution in [0.5, 0.6) is 0 Å². The average molecular weight is 252 g/mol. The first-order chi connectivity index (χ1) is 8.77. The fourth-order valence-electron chi connectivity index (χ4n) is 3.30. The molecule has 1 N–H and O–H groups in total. The van der Waals surface area contributed by atoms with Crippen LogP contribution in [0.1, 0.15) is 58.3 Å². The van der Waals surface area contributed by atoms with Crippen molar-refractivity contribution < 1.29 is 4.79 Å². The number of hydrogen-bond acceptors (Lipinski definition) is 2. The van der Waals surface area contributed by atoms with E-state index in [-0.39, 0.29) is 0 Å². The Balaban J connectivity index is 1.69. The van der Waals surface area contributed by atoms with Crippen molar-refractivity contribution in [3.05, 3.63) is 0 Å². The van der Waals surface area contributed by atoms with Crippen LogP contribution in [0, 0.1) is 5.92 Å². The van der Waals surface area contributed by atoms with Gasteiger partial charge in [-0.15, -0.1) is 0 Å². The van der Waals surface area contributed by atoms with Gasteiger partial charge in [0, 0.05) is 19.1 Å². The third-order valence-electron chi connectivity index (χ3n) is 4.64. The maximum Gasteiger partial charge on any atom is 0.236 e. The molecular weight excluding hydrogens is 224 g/mol. The van der Waals surface area contributed by atoms with Gasteiger partial charge in [-0.3, -0.25) is 4.79 Å². The summed E-state index contributed by atoms with van der Waals surface area (Å²) in [6.07, 6.45) is 10.6. The van der Waals surface area contributed by atoms with Gasteiger partial charge < -0.3 is 10.2 Å². The van der Waals surface area contributed by atoms with Gasteiger partial charge in [-0.1, -0.05) is 25.7 Å². The lowest BCUT2D eigenvalue weighted by molar-refractivity contribution is -0.129. The second-order valence-electron chi connectivity index (χ2n) is 6.01. The zero-order chi connectivity index (χ0) is 12.8. The van der Waals surface area contributed by atoms with Crippen LogP contribution in [0.15, 0.2) is 0 Å². The molecule has 0 bridgehead atoms. The van der Waals surface area contributed by atoms with Gasteiger partial charge in [-0.05, 0) is 38.5 Å². The number of nitrogens with zero attached hydrogens (tertiary/aromatic N) is 1. The Bertz CT molecular complexity index is 253. The van der Waals surface area contributed by atoms with Gasteiger partial charge in [0.15, 0.2) is 0 Å². The molecule has 0 spiro atoms. The van der Waals surface area contributed by atoms with E-state index in [1.807, 2.05) is 4.90 Å². The Labute approximate surface area is 111 Å². The van der Waals surface area contributed by atoms with E-state index in [0.717, 1.165) is 19.0 Å². The molecule has 1 saturated heterocycles. The smallest absolute Gasteiger partial charge is 0.236 e. The molecule has 0 radical (unpaired) electrons. The number of hydrogen-bond donors (Lipinski definition) is 1. The highest BCUT2D eigenvalue weighted by Crippen LogP contribution is 2.25. The summed E-state index contributed by atoms with van der Waals surface area (Å²) in [6.45, 7) is 4.74. The highest BCUT2D eigenvalue weighted by Gasteiger charge is 2.21. The Morgan fingerprint density at radius 3 is 2.33 bits per heavy atom. The molecule has 0 unspecified atom stereocenters. The maximum absolute atomic E-state index is 12.0. The number of amides is 1. The van der Waals surface area contributed by atoms with E-state index in [2.05, 4.69) is 12.2 Å². The molecule has 1 aliphatic carbocycles. The van der Waals surface area contributed by atoms with Crippen LogP contribution in [0.25, 0.3) is 0 Å². The first-order valence-electron chi connectivity index (χ1n) is 7.78. The summed E-state index contributed by atoms with van der Waals surface area (Å²) in [5, 5.41) is 3.47. The molecule has 3 nitrogen and oxygen atoms in total. The van der Waals surface area contributed by atoms with E-state index in [4.69, 9.17) is 0 Å². The predicted octanol–water partition coefficient (Wildman–Crippen LogP) is 2.56. The van der Waals surface area contributed by atoms with Crippen LogP contribution < -0.4 is 5.32 Å². The van der Waals surface area contributed by atoms with Crippen molar-refractivity contribution in [1.29, 1.82) is 0 Å². The van der Waals surface area contributed by atoms with E-state index in [1.54, 1.807) is 0 Å². The first kappa shape index (κ1) is 13.9. The minimum atomic E-state index is 0.299. The SMILES string of the molecule is C[C@H](NCC(=O)N1CCCC1)C1CCCCCC1. The van der Waals surface area contributed by atoms with E-state index >= 15 is 0 Å². The van der Waals surface area contributed by atoms with Crippen molar-refractivity contribution in [3.63, 3.8) is 0 Å². The van der Waals surface area contributed by atoms with Crippen molar-refractivity contribution in [3.8, 4) is 0 Å². The van der Waals surface area contributed by atoms with Crippen molar-refractivity contribution >= 4 is 5.91 Å². The van der Waals surface area contributed by atoms with Crippen LogP contribution in [0.3, 0.4) is 0 Å². The van der Waals surface area contributed by atoms with Gasteiger partial charge in [0.25, 0.3) is 0 Å². The van der Waals surface area contributed by atoms with Crippen molar-refractivity contribution in [2.45, 2.75) is 64.3 Å². The van der Waals surface area contributed by atoms with E-state index in [0.29, 0.717) is 18.5 Å². The Kier molecular flexibility index (Phi) is 5.48. The molecule has 0 aromatic rings. The Hall–Kier alpha value is -0.570. The topological polar surface area (TPSA) is 32.3 Å². The van der Waals surface area contributed by atoms with Gasteiger partial charge in [0.2, 0.25) is 5.91 Å².